The molecule has 1 aromatic rings. The first kappa shape index (κ1) is 11.8. The molecule has 0 spiro atoms. The molecule has 0 saturated heterocycles. The molecule has 1 amide bonds. The van der Waals surface area contributed by atoms with E-state index in [1.807, 2.05) is 0 Å². The Kier molecular flexibility index (Phi) is 3.58. The maximum atomic E-state index is 11.1. The van der Waals surface area contributed by atoms with Crippen LogP contribution in [0.4, 0.5) is 10.6 Å². The lowest BCUT2D eigenvalue weighted by atomic mass is 10.2. The summed E-state index contributed by atoms with van der Waals surface area (Å²) < 4.78 is 4.72. The van der Waals surface area contributed by atoms with Crippen LogP contribution in [0, 0.1) is 0 Å². The summed E-state index contributed by atoms with van der Waals surface area (Å²) in [6.45, 7) is 2.04. The van der Waals surface area contributed by atoms with Crippen molar-refractivity contribution in [1.82, 2.24) is 15.5 Å². The Balaban J connectivity index is 1.89. The van der Waals surface area contributed by atoms with Gasteiger partial charge in [-0.05, 0) is 37.9 Å². The molecular formula is C10H14N4O2S. The summed E-state index contributed by atoms with van der Waals surface area (Å²) in [6.07, 6.45) is 3.57. The van der Waals surface area contributed by atoms with Gasteiger partial charge in [-0.15, -0.1) is 0 Å². The standard InChI is InChI=1S/C10H14N4O2S/c1-2-16-10(15)13-9(17)12-8-7(5-11-14-8)6-3-4-6/h5-6H,2-4H2,1H3,(H3,11,12,13,14,15,17). The van der Waals surface area contributed by atoms with Gasteiger partial charge in [0.25, 0.3) is 0 Å². The molecule has 0 bridgehead atoms. The molecule has 1 heterocycles. The van der Waals surface area contributed by atoms with Gasteiger partial charge in [-0.1, -0.05) is 0 Å². The Morgan fingerprint density at radius 1 is 1.71 bits per heavy atom. The molecule has 6 nitrogen and oxygen atoms in total. The van der Waals surface area contributed by atoms with E-state index in [1.54, 1.807) is 13.1 Å². The fraction of sp³-hybridized carbons (Fsp3) is 0.500. The lowest BCUT2D eigenvalue weighted by Crippen LogP contribution is -2.34. The van der Waals surface area contributed by atoms with Gasteiger partial charge in [0.05, 0.1) is 12.8 Å². The van der Waals surface area contributed by atoms with Crippen molar-refractivity contribution in [1.29, 1.82) is 0 Å². The number of carbonyl (C=O) groups excluding carboxylic acids is 1. The van der Waals surface area contributed by atoms with Gasteiger partial charge in [-0.3, -0.25) is 10.4 Å². The van der Waals surface area contributed by atoms with Gasteiger partial charge in [0, 0.05) is 5.56 Å². The molecule has 1 fully saturated rings. The van der Waals surface area contributed by atoms with Crippen LogP contribution in [-0.2, 0) is 4.74 Å². The number of aromatic amines is 1. The molecule has 1 saturated carbocycles. The lowest BCUT2D eigenvalue weighted by molar-refractivity contribution is 0.158. The second-order valence-corrected chi connectivity index (χ2v) is 4.18. The van der Waals surface area contributed by atoms with Gasteiger partial charge in [-0.2, -0.15) is 5.10 Å². The highest BCUT2D eigenvalue weighted by Gasteiger charge is 2.27. The number of nitrogens with one attached hydrogen (secondary N) is 3. The molecular weight excluding hydrogens is 240 g/mol. The van der Waals surface area contributed by atoms with E-state index >= 15 is 0 Å². The average Bonchev–Trinajstić information content (AvgIpc) is 3.00. The summed E-state index contributed by atoms with van der Waals surface area (Å²) in [5.41, 5.74) is 1.11. The third-order valence-corrected chi connectivity index (χ3v) is 2.62. The monoisotopic (exact) mass is 254 g/mol. The molecule has 0 atom stereocenters. The number of nitrogens with zero attached hydrogens (tertiary/aromatic N) is 1. The van der Waals surface area contributed by atoms with Crippen molar-refractivity contribution in [2.45, 2.75) is 25.7 Å². The average molecular weight is 254 g/mol. The summed E-state index contributed by atoms with van der Waals surface area (Å²) in [5.74, 6) is 1.30. The molecule has 1 aliphatic rings. The number of alkyl carbamates (subject to hydrolysis) is 1. The van der Waals surface area contributed by atoms with Gasteiger partial charge in [0.15, 0.2) is 5.11 Å². The van der Waals surface area contributed by atoms with E-state index in [9.17, 15) is 4.79 Å². The van der Waals surface area contributed by atoms with Crippen LogP contribution in [0.15, 0.2) is 6.20 Å². The normalized spacial score (nSPS) is 14.2. The number of rotatable bonds is 3. The van der Waals surface area contributed by atoms with Crippen molar-refractivity contribution in [3.05, 3.63) is 11.8 Å². The number of thiocarbonyl (C=S) groups is 1. The molecule has 92 valence electrons. The van der Waals surface area contributed by atoms with Crippen LogP contribution in [0.5, 0.6) is 0 Å². The Morgan fingerprint density at radius 2 is 2.47 bits per heavy atom. The lowest BCUT2D eigenvalue weighted by Gasteiger charge is -2.08. The molecule has 2 rings (SSSR count). The summed E-state index contributed by atoms with van der Waals surface area (Å²) in [6, 6.07) is 0. The van der Waals surface area contributed by atoms with Crippen LogP contribution in [0.25, 0.3) is 0 Å². The third-order valence-electron chi connectivity index (χ3n) is 2.42. The van der Waals surface area contributed by atoms with E-state index in [-0.39, 0.29) is 5.11 Å². The Morgan fingerprint density at radius 3 is 3.12 bits per heavy atom. The zero-order valence-electron chi connectivity index (χ0n) is 9.45. The van der Waals surface area contributed by atoms with Crippen molar-refractivity contribution < 1.29 is 9.53 Å². The summed E-state index contributed by atoms with van der Waals surface area (Å²) >= 11 is 4.99. The summed E-state index contributed by atoms with van der Waals surface area (Å²) in [5, 5.41) is 12.3. The Labute approximate surface area is 104 Å². The maximum absolute atomic E-state index is 11.1. The van der Waals surface area contributed by atoms with Crippen molar-refractivity contribution in [2.75, 3.05) is 11.9 Å². The molecule has 3 N–H and O–H groups in total. The zero-order chi connectivity index (χ0) is 12.3. The number of hydrogen-bond acceptors (Lipinski definition) is 4. The predicted octanol–water partition coefficient (Wildman–Crippen LogP) is 1.73. The number of carbonyl (C=O) groups is 1. The van der Waals surface area contributed by atoms with Gasteiger partial charge in [0.2, 0.25) is 0 Å². The quantitative estimate of drug-likeness (QED) is 0.716. The second-order valence-electron chi connectivity index (χ2n) is 3.77. The fourth-order valence-corrected chi connectivity index (χ4v) is 1.69. The van der Waals surface area contributed by atoms with E-state index in [4.69, 9.17) is 17.0 Å². The number of H-pyrrole nitrogens is 1. The van der Waals surface area contributed by atoms with Crippen molar-refractivity contribution in [3.63, 3.8) is 0 Å². The van der Waals surface area contributed by atoms with Crippen LogP contribution in [0.2, 0.25) is 0 Å². The zero-order valence-corrected chi connectivity index (χ0v) is 10.3. The highest BCUT2D eigenvalue weighted by Crippen LogP contribution is 2.42. The van der Waals surface area contributed by atoms with Crippen LogP contribution >= 0.6 is 12.2 Å². The first-order chi connectivity index (χ1) is 8.20. The highest BCUT2D eigenvalue weighted by atomic mass is 32.1. The number of hydrogen-bond donors (Lipinski definition) is 3. The summed E-state index contributed by atoms with van der Waals surface area (Å²) in [4.78, 5) is 11.1. The third kappa shape index (κ3) is 3.16. The van der Waals surface area contributed by atoms with E-state index in [0.717, 1.165) is 11.4 Å². The number of aromatic nitrogens is 2. The number of ether oxygens (including phenoxy) is 1. The molecule has 7 heteroatoms. The van der Waals surface area contributed by atoms with Crippen molar-refractivity contribution in [2.24, 2.45) is 0 Å². The van der Waals surface area contributed by atoms with Gasteiger partial charge in [0.1, 0.15) is 5.82 Å². The molecule has 17 heavy (non-hydrogen) atoms. The number of anilines is 1. The van der Waals surface area contributed by atoms with E-state index in [0.29, 0.717) is 12.5 Å². The van der Waals surface area contributed by atoms with Crippen molar-refractivity contribution >= 4 is 29.2 Å². The molecule has 0 aromatic carbocycles. The minimum absolute atomic E-state index is 0.203. The highest BCUT2D eigenvalue weighted by molar-refractivity contribution is 7.80. The van der Waals surface area contributed by atoms with Crippen LogP contribution < -0.4 is 10.6 Å². The summed E-state index contributed by atoms with van der Waals surface area (Å²) in [7, 11) is 0. The van der Waals surface area contributed by atoms with Gasteiger partial charge >= 0.3 is 6.09 Å². The van der Waals surface area contributed by atoms with Crippen LogP contribution in [-0.4, -0.2) is 28.0 Å². The largest absolute Gasteiger partial charge is 0.450 e. The van der Waals surface area contributed by atoms with E-state index in [2.05, 4.69) is 20.8 Å². The van der Waals surface area contributed by atoms with Crippen molar-refractivity contribution in [3.8, 4) is 0 Å². The van der Waals surface area contributed by atoms with Gasteiger partial charge < -0.3 is 10.1 Å². The van der Waals surface area contributed by atoms with E-state index in [1.165, 1.54) is 12.8 Å². The molecule has 0 unspecified atom stereocenters. The molecule has 1 aliphatic carbocycles. The van der Waals surface area contributed by atoms with Crippen LogP contribution in [0.1, 0.15) is 31.2 Å². The van der Waals surface area contributed by atoms with Gasteiger partial charge in [-0.25, -0.2) is 4.79 Å². The first-order valence-corrected chi connectivity index (χ1v) is 5.89. The maximum Gasteiger partial charge on any atom is 0.413 e. The van der Waals surface area contributed by atoms with Crippen LogP contribution in [0.3, 0.4) is 0 Å². The molecule has 0 radical (unpaired) electrons. The first-order valence-electron chi connectivity index (χ1n) is 5.48. The SMILES string of the molecule is CCOC(=O)NC(=S)Nc1[nH]ncc1C1CC1. The molecule has 0 aliphatic heterocycles. The Bertz CT molecular complexity index is 428. The second kappa shape index (κ2) is 5.13. The topological polar surface area (TPSA) is 79.0 Å². The predicted molar refractivity (Wildman–Crippen MR) is 66.9 cm³/mol. The van der Waals surface area contributed by atoms with E-state index < -0.39 is 6.09 Å². The number of amides is 1. The minimum atomic E-state index is -0.558. The fourth-order valence-electron chi connectivity index (χ4n) is 1.50. The molecule has 1 aromatic heterocycles. The Hall–Kier alpha value is -1.63. The minimum Gasteiger partial charge on any atom is -0.450 e. The smallest absolute Gasteiger partial charge is 0.413 e.